The van der Waals surface area contributed by atoms with Crippen molar-refractivity contribution in [1.82, 2.24) is 0 Å². The first kappa shape index (κ1) is 78.5. The van der Waals surface area contributed by atoms with Crippen LogP contribution in [0.25, 0.3) is 0 Å². The minimum atomic E-state index is -1.95. The highest BCUT2D eigenvalue weighted by molar-refractivity contribution is 6.76. The summed E-state index contributed by atoms with van der Waals surface area (Å²) in [7, 11) is -0.304. The fourth-order valence-electron chi connectivity index (χ4n) is 12.8. The van der Waals surface area contributed by atoms with Gasteiger partial charge in [0, 0.05) is 14.7 Å². The normalized spacial score (nSPS) is 24.0. The molecule has 0 aromatic heterocycles. The second kappa shape index (κ2) is 38.8. The average Bonchev–Trinajstić information content (AvgIpc) is 0.757. The van der Waals surface area contributed by atoms with Crippen LogP contribution in [0.2, 0.25) is 25.7 Å². The monoisotopic (exact) mass is 1500 g/mol. The molecule has 0 N–H and O–H groups in total. The summed E-state index contributed by atoms with van der Waals surface area (Å²) in [6.45, 7) is 7.78. The van der Waals surface area contributed by atoms with Crippen molar-refractivity contribution in [2.24, 2.45) is 0 Å². The van der Waals surface area contributed by atoms with Crippen LogP contribution >= 0.6 is 0 Å². The Bertz CT molecular complexity index is 4280. The molecular formula is C87H90O21Si. The Kier molecular flexibility index (Phi) is 28.0. The van der Waals surface area contributed by atoms with Crippen molar-refractivity contribution in [1.29, 1.82) is 0 Å². The summed E-state index contributed by atoms with van der Waals surface area (Å²) in [6.07, 6.45) is -22.4. The largest absolute Gasteiger partial charge is 0.497 e. The van der Waals surface area contributed by atoms with E-state index in [4.69, 9.17) is 75.8 Å². The van der Waals surface area contributed by atoms with Crippen molar-refractivity contribution >= 4 is 37.9 Å². The van der Waals surface area contributed by atoms with E-state index in [1.807, 2.05) is 121 Å². The predicted molar refractivity (Wildman–Crippen MR) is 403 cm³/mol. The number of methoxy groups -OCH3 is 1. The molecule has 0 spiro atoms. The first-order valence-corrected chi connectivity index (χ1v) is 40.1. The van der Waals surface area contributed by atoms with Crippen LogP contribution in [0.4, 0.5) is 0 Å². The quantitative estimate of drug-likeness (QED) is 0.0211. The molecule has 0 amide bonds. The van der Waals surface area contributed by atoms with Gasteiger partial charge in [-0.25, -0.2) is 24.0 Å². The van der Waals surface area contributed by atoms with Crippen LogP contribution in [0.5, 0.6) is 5.75 Å². The maximum absolute atomic E-state index is 15.4. The molecule has 9 aromatic carbocycles. The van der Waals surface area contributed by atoms with Crippen molar-refractivity contribution in [2.75, 3.05) is 26.9 Å². The van der Waals surface area contributed by atoms with Crippen molar-refractivity contribution in [3.8, 4) is 5.75 Å². The van der Waals surface area contributed by atoms with E-state index in [2.05, 4.69) is 19.6 Å². The summed E-state index contributed by atoms with van der Waals surface area (Å²) in [5, 5.41) is 0. The van der Waals surface area contributed by atoms with Gasteiger partial charge in [-0.05, 0) is 108 Å². The minimum absolute atomic E-state index is 0.0340. The SMILES string of the molecule is COc1ccc(C(=O)OC[C@H]2O[C@@H](O[C@H]3[C@H](OC(=O)c4ccccc4)[C@@H](OC(=O)c4ccccc4)[C@H](OCC[Si](C)(C)C)O[C@@H]3C)[C@H](OC(=O)c3ccccc3)[C@@H](OC(=O)c3ccccc3)[C@H]2O[C@H]2O[C@H](COCc3ccccc3)[C@H](OCc3ccccc3)[C@H](OCc3ccccc3)[C@H]2OCc2ccccc2)cc1. The van der Waals surface area contributed by atoms with Crippen LogP contribution in [0.3, 0.4) is 0 Å². The summed E-state index contributed by atoms with van der Waals surface area (Å²) in [5.41, 5.74) is 3.81. The number of ether oxygens (including phenoxy) is 16. The van der Waals surface area contributed by atoms with Crippen LogP contribution in [0.1, 0.15) is 81.0 Å². The van der Waals surface area contributed by atoms with E-state index in [1.165, 1.54) is 31.4 Å². The predicted octanol–water partition coefficient (Wildman–Crippen LogP) is 14.0. The summed E-state index contributed by atoms with van der Waals surface area (Å²) in [4.78, 5) is 74.9. The third kappa shape index (κ3) is 21.9. The second-order valence-electron chi connectivity index (χ2n) is 27.7. The average molecular weight is 1500 g/mol. The number of carbonyl (C=O) groups is 5. The van der Waals surface area contributed by atoms with Gasteiger partial charge in [0.25, 0.3) is 0 Å². The third-order valence-corrected chi connectivity index (χ3v) is 20.3. The molecule has 109 heavy (non-hydrogen) atoms. The summed E-state index contributed by atoms with van der Waals surface area (Å²) < 4.78 is 109. The molecule has 3 aliphatic rings. The van der Waals surface area contributed by atoms with Gasteiger partial charge in [0.05, 0.1) is 74.1 Å². The molecule has 9 aromatic rings. The lowest BCUT2D eigenvalue weighted by Crippen LogP contribution is -2.68. The van der Waals surface area contributed by atoms with Crippen LogP contribution in [0, 0.1) is 0 Å². The lowest BCUT2D eigenvalue weighted by atomic mass is 9.95. The molecule has 21 nitrogen and oxygen atoms in total. The fourth-order valence-corrected chi connectivity index (χ4v) is 13.5. The number of carbonyl (C=O) groups excluding carboxylic acids is 5. The molecule has 3 aliphatic heterocycles. The van der Waals surface area contributed by atoms with Gasteiger partial charge in [0.1, 0.15) is 55.1 Å². The Morgan fingerprint density at radius 3 is 1.11 bits per heavy atom. The molecule has 0 aliphatic carbocycles. The van der Waals surface area contributed by atoms with Gasteiger partial charge in [-0.1, -0.05) is 214 Å². The molecule has 22 heteroatoms. The van der Waals surface area contributed by atoms with Crippen molar-refractivity contribution in [3.63, 3.8) is 0 Å². The lowest BCUT2D eigenvalue weighted by Gasteiger charge is -2.51. The van der Waals surface area contributed by atoms with E-state index in [0.29, 0.717) is 11.8 Å². The van der Waals surface area contributed by atoms with Gasteiger partial charge < -0.3 is 75.8 Å². The van der Waals surface area contributed by atoms with E-state index < -0.39 is 137 Å². The van der Waals surface area contributed by atoms with Crippen LogP contribution < -0.4 is 4.74 Å². The summed E-state index contributed by atoms with van der Waals surface area (Å²) in [5.74, 6) is -3.91. The van der Waals surface area contributed by atoms with Gasteiger partial charge in [-0.3, -0.25) is 0 Å². The Morgan fingerprint density at radius 1 is 0.330 bits per heavy atom. The lowest BCUT2D eigenvalue weighted by molar-refractivity contribution is -0.381. The minimum Gasteiger partial charge on any atom is -0.497 e. The molecule has 0 saturated carbocycles. The van der Waals surface area contributed by atoms with E-state index in [1.54, 1.807) is 128 Å². The van der Waals surface area contributed by atoms with Crippen molar-refractivity contribution < 1.29 is 99.8 Å². The van der Waals surface area contributed by atoms with E-state index >= 15 is 9.59 Å². The molecule has 568 valence electrons. The highest BCUT2D eigenvalue weighted by atomic mass is 28.3. The molecule has 3 fully saturated rings. The fraction of sp³-hybridized carbons (Fsp3) is 0.322. The van der Waals surface area contributed by atoms with Crippen molar-refractivity contribution in [3.05, 3.63) is 317 Å². The van der Waals surface area contributed by atoms with Gasteiger partial charge in [-0.2, -0.15) is 0 Å². The highest BCUT2D eigenvalue weighted by Gasteiger charge is 2.59. The van der Waals surface area contributed by atoms with Crippen LogP contribution in [-0.2, 0) is 97.5 Å². The summed E-state index contributed by atoms with van der Waals surface area (Å²) >= 11 is 0. The second-order valence-corrected chi connectivity index (χ2v) is 33.4. The maximum atomic E-state index is 15.4. The molecule has 12 rings (SSSR count). The number of rotatable bonds is 33. The van der Waals surface area contributed by atoms with Crippen LogP contribution in [0.15, 0.2) is 267 Å². The van der Waals surface area contributed by atoms with Gasteiger partial charge in [0.15, 0.2) is 43.3 Å². The number of esters is 5. The first-order valence-electron chi connectivity index (χ1n) is 36.4. The topological polar surface area (TPSA) is 233 Å². The number of hydrogen-bond acceptors (Lipinski definition) is 21. The Labute approximate surface area is 635 Å². The molecule has 3 saturated heterocycles. The molecule has 3 heterocycles. The van der Waals surface area contributed by atoms with E-state index in [-0.39, 0.29) is 67.5 Å². The third-order valence-electron chi connectivity index (χ3n) is 18.6. The van der Waals surface area contributed by atoms with Gasteiger partial charge in [-0.15, -0.1) is 0 Å². The van der Waals surface area contributed by atoms with Gasteiger partial charge in [0.2, 0.25) is 0 Å². The molecule has 0 radical (unpaired) electrons. The molecular weight excluding hydrogens is 1410 g/mol. The molecule has 0 bridgehead atoms. The van der Waals surface area contributed by atoms with E-state index in [0.717, 1.165) is 22.3 Å². The smallest absolute Gasteiger partial charge is 0.338 e. The number of benzene rings is 9. The van der Waals surface area contributed by atoms with Crippen molar-refractivity contribution in [2.45, 2.75) is 151 Å². The Balaban J connectivity index is 1.02. The Hall–Kier alpha value is -10.1. The number of hydrogen-bond donors (Lipinski definition) is 0. The molecule has 0 unspecified atom stereocenters. The zero-order valence-corrected chi connectivity index (χ0v) is 62.3. The maximum Gasteiger partial charge on any atom is 0.338 e. The Morgan fingerprint density at radius 2 is 0.679 bits per heavy atom. The zero-order chi connectivity index (χ0) is 75.9. The highest BCUT2D eigenvalue weighted by Crippen LogP contribution is 2.40. The standard InChI is InChI=1S/C87H90O21Si/c1-58-71(75(103-81(89)63-38-22-10-23-39-63)78(85(100-58)95-50-51-109(3,4)5)105-83(91)65-42-26-12-27-43-65)107-87-79(106-84(92)66-44-28-13-29-45-66)76(104-82(90)64-40-24-11-25-41-64)73(70(102-87)57-99-80(88)67-46-48-68(93-2)49-47-67)108-86-77(98-55-62-36-20-9-21-37-62)74(97-54-61-34-18-8-19-35-61)72(96-53-60-32-16-7-17-33-60)69(101-86)56-94-52-59-30-14-6-15-31-59/h6-49,58,69-79,85-87H,50-57H2,1-5H3/t58-,69-,70-,71-,72+,73+,74+,75+,76+,77-,78-,79-,85-,86-,87+/m1/s1. The van der Waals surface area contributed by atoms with Gasteiger partial charge >= 0.3 is 29.8 Å². The zero-order valence-electron chi connectivity index (χ0n) is 61.3. The first-order chi connectivity index (χ1) is 53.1. The van der Waals surface area contributed by atoms with Crippen LogP contribution in [-0.4, -0.2) is 157 Å². The van der Waals surface area contributed by atoms with E-state index in [9.17, 15) is 14.4 Å². The molecule has 15 atom stereocenters. The summed E-state index contributed by atoms with van der Waals surface area (Å²) in [6, 6.07) is 77.7.